The summed E-state index contributed by atoms with van der Waals surface area (Å²) in [4.78, 5) is 25.0. The van der Waals surface area contributed by atoms with Crippen LogP contribution in [-0.4, -0.2) is 20.9 Å². The molecule has 7 heteroatoms. The average Bonchev–Trinajstić information content (AvgIpc) is 2.68. The third-order valence-electron chi connectivity index (χ3n) is 4.06. The van der Waals surface area contributed by atoms with E-state index in [1.165, 1.54) is 18.3 Å². The van der Waals surface area contributed by atoms with Gasteiger partial charge in [-0.2, -0.15) is 0 Å². The van der Waals surface area contributed by atoms with Gasteiger partial charge in [-0.1, -0.05) is 26.8 Å². The van der Waals surface area contributed by atoms with E-state index < -0.39 is 11.7 Å². The van der Waals surface area contributed by atoms with Crippen LogP contribution in [0.1, 0.15) is 48.4 Å². The molecular formula is C21H21FN4O2. The second-order valence-corrected chi connectivity index (χ2v) is 6.56. The summed E-state index contributed by atoms with van der Waals surface area (Å²) >= 11 is 0. The summed E-state index contributed by atoms with van der Waals surface area (Å²) in [5.41, 5.74) is 1.95. The molecule has 3 aromatic heterocycles. The van der Waals surface area contributed by atoms with Crippen molar-refractivity contribution < 1.29 is 13.9 Å². The molecular weight excluding hydrogens is 359 g/mol. The van der Waals surface area contributed by atoms with Gasteiger partial charge in [-0.15, -0.1) is 0 Å². The molecule has 0 radical (unpaired) electrons. The van der Waals surface area contributed by atoms with Crippen molar-refractivity contribution in [2.75, 3.05) is 5.32 Å². The Bertz CT molecular complexity index is 974. The van der Waals surface area contributed by atoms with E-state index in [2.05, 4.69) is 34.1 Å². The highest BCUT2D eigenvalue weighted by molar-refractivity contribution is 6.02. The predicted molar refractivity (Wildman–Crippen MR) is 104 cm³/mol. The SMILES string of the molecule is CCc1cc(Oc2cncc(F)c2)cc(C(=O)Nc2ccc(C(C)C)cn2)n1. The zero-order chi connectivity index (χ0) is 20.1. The van der Waals surface area contributed by atoms with Gasteiger partial charge in [0.25, 0.3) is 5.91 Å². The van der Waals surface area contributed by atoms with Crippen LogP contribution in [0.3, 0.4) is 0 Å². The standard InChI is InChI=1S/C21H21FN4O2/c1-4-16-8-17(28-18-7-15(22)11-23-12-18)9-19(25-16)21(27)26-20-6-5-14(10-24-20)13(2)3/h5-13H,4H2,1-3H3,(H,24,26,27). The lowest BCUT2D eigenvalue weighted by Gasteiger charge is -2.10. The highest BCUT2D eigenvalue weighted by atomic mass is 19.1. The first-order valence-corrected chi connectivity index (χ1v) is 9.01. The molecule has 3 heterocycles. The third-order valence-corrected chi connectivity index (χ3v) is 4.06. The quantitative estimate of drug-likeness (QED) is 0.668. The van der Waals surface area contributed by atoms with Gasteiger partial charge in [-0.25, -0.2) is 14.4 Å². The summed E-state index contributed by atoms with van der Waals surface area (Å²) < 4.78 is 19.0. The minimum Gasteiger partial charge on any atom is -0.455 e. The fraction of sp³-hybridized carbons (Fsp3) is 0.238. The zero-order valence-electron chi connectivity index (χ0n) is 15.9. The molecule has 0 saturated carbocycles. The van der Waals surface area contributed by atoms with Crippen LogP contribution in [0, 0.1) is 5.82 Å². The maximum Gasteiger partial charge on any atom is 0.275 e. The first-order valence-electron chi connectivity index (χ1n) is 9.01. The summed E-state index contributed by atoms with van der Waals surface area (Å²) in [6.45, 7) is 6.07. The molecule has 0 unspecified atom stereocenters. The van der Waals surface area contributed by atoms with Crippen LogP contribution in [0.15, 0.2) is 48.9 Å². The third kappa shape index (κ3) is 4.88. The van der Waals surface area contributed by atoms with E-state index in [-0.39, 0.29) is 11.4 Å². The highest BCUT2D eigenvalue weighted by Crippen LogP contribution is 2.23. The lowest BCUT2D eigenvalue weighted by Crippen LogP contribution is -2.15. The molecule has 0 aliphatic rings. The van der Waals surface area contributed by atoms with E-state index in [0.717, 1.165) is 11.8 Å². The predicted octanol–water partition coefficient (Wildman–Crippen LogP) is 4.74. The second kappa shape index (κ2) is 8.56. The van der Waals surface area contributed by atoms with Crippen LogP contribution in [0.4, 0.5) is 10.2 Å². The maximum atomic E-state index is 13.3. The topological polar surface area (TPSA) is 77.0 Å². The largest absolute Gasteiger partial charge is 0.455 e. The normalized spacial score (nSPS) is 10.8. The molecule has 1 amide bonds. The van der Waals surface area contributed by atoms with Crippen molar-refractivity contribution in [1.82, 2.24) is 15.0 Å². The first-order chi connectivity index (χ1) is 13.4. The van der Waals surface area contributed by atoms with Crippen LogP contribution in [-0.2, 0) is 6.42 Å². The molecule has 0 aliphatic heterocycles. The Kier molecular flexibility index (Phi) is 5.93. The van der Waals surface area contributed by atoms with Crippen LogP contribution in [0.25, 0.3) is 0 Å². The minimum absolute atomic E-state index is 0.188. The monoisotopic (exact) mass is 380 g/mol. The number of hydrogen-bond acceptors (Lipinski definition) is 5. The van der Waals surface area contributed by atoms with Gasteiger partial charge < -0.3 is 10.1 Å². The highest BCUT2D eigenvalue weighted by Gasteiger charge is 2.13. The number of rotatable bonds is 6. The van der Waals surface area contributed by atoms with Gasteiger partial charge in [-0.05, 0) is 24.0 Å². The van der Waals surface area contributed by atoms with Crippen molar-refractivity contribution in [1.29, 1.82) is 0 Å². The van der Waals surface area contributed by atoms with Crippen LogP contribution < -0.4 is 10.1 Å². The van der Waals surface area contributed by atoms with E-state index in [4.69, 9.17) is 4.74 Å². The number of halogens is 1. The second-order valence-electron chi connectivity index (χ2n) is 6.56. The molecule has 144 valence electrons. The van der Waals surface area contributed by atoms with Crippen molar-refractivity contribution in [3.8, 4) is 11.5 Å². The van der Waals surface area contributed by atoms with Gasteiger partial charge in [0.2, 0.25) is 0 Å². The van der Waals surface area contributed by atoms with Crippen LogP contribution >= 0.6 is 0 Å². The molecule has 0 fully saturated rings. The molecule has 0 bridgehead atoms. The lowest BCUT2D eigenvalue weighted by atomic mass is 10.1. The number of nitrogens with zero attached hydrogens (tertiary/aromatic N) is 3. The molecule has 0 atom stereocenters. The van der Waals surface area contributed by atoms with Gasteiger partial charge in [0.1, 0.15) is 28.8 Å². The Labute approximate surface area is 162 Å². The number of carbonyl (C=O) groups is 1. The zero-order valence-corrected chi connectivity index (χ0v) is 15.9. The Balaban J connectivity index is 1.81. The van der Waals surface area contributed by atoms with Crippen LogP contribution in [0.2, 0.25) is 0 Å². The Morgan fingerprint density at radius 1 is 1.14 bits per heavy atom. The molecule has 1 N–H and O–H groups in total. The Morgan fingerprint density at radius 3 is 2.61 bits per heavy atom. The molecule has 3 aromatic rings. The number of nitrogens with one attached hydrogen (secondary N) is 1. The number of carbonyl (C=O) groups excluding carboxylic acids is 1. The Hall–Kier alpha value is -3.35. The van der Waals surface area contributed by atoms with Gasteiger partial charge in [0.15, 0.2) is 0 Å². The van der Waals surface area contributed by atoms with Gasteiger partial charge >= 0.3 is 0 Å². The molecule has 0 aliphatic carbocycles. The summed E-state index contributed by atoms with van der Waals surface area (Å²) in [7, 11) is 0. The molecule has 0 aromatic carbocycles. The summed E-state index contributed by atoms with van der Waals surface area (Å²) in [6, 6.07) is 8.11. The number of hydrogen-bond donors (Lipinski definition) is 1. The van der Waals surface area contributed by atoms with E-state index >= 15 is 0 Å². The fourth-order valence-electron chi connectivity index (χ4n) is 2.50. The van der Waals surface area contributed by atoms with E-state index in [1.807, 2.05) is 13.0 Å². The molecule has 6 nitrogen and oxygen atoms in total. The number of amides is 1. The van der Waals surface area contributed by atoms with E-state index in [0.29, 0.717) is 29.6 Å². The lowest BCUT2D eigenvalue weighted by molar-refractivity contribution is 0.102. The van der Waals surface area contributed by atoms with E-state index in [9.17, 15) is 9.18 Å². The van der Waals surface area contributed by atoms with Gasteiger partial charge in [-0.3, -0.25) is 9.78 Å². The van der Waals surface area contributed by atoms with Crippen molar-refractivity contribution in [2.45, 2.75) is 33.1 Å². The number of ether oxygens (including phenoxy) is 1. The van der Waals surface area contributed by atoms with Crippen molar-refractivity contribution in [2.24, 2.45) is 0 Å². The number of aryl methyl sites for hydroxylation is 1. The first kappa shape index (κ1) is 19.4. The van der Waals surface area contributed by atoms with Crippen LogP contribution in [0.5, 0.6) is 11.5 Å². The molecule has 28 heavy (non-hydrogen) atoms. The van der Waals surface area contributed by atoms with E-state index in [1.54, 1.807) is 18.3 Å². The molecule has 3 rings (SSSR count). The minimum atomic E-state index is -0.504. The number of anilines is 1. The number of aromatic nitrogens is 3. The molecule has 0 saturated heterocycles. The summed E-state index contributed by atoms with van der Waals surface area (Å²) in [5, 5.41) is 2.74. The fourth-order valence-corrected chi connectivity index (χ4v) is 2.50. The summed E-state index contributed by atoms with van der Waals surface area (Å²) in [5.74, 6) is 0.517. The van der Waals surface area contributed by atoms with Crippen molar-refractivity contribution >= 4 is 11.7 Å². The van der Waals surface area contributed by atoms with Gasteiger partial charge in [0, 0.05) is 30.1 Å². The Morgan fingerprint density at radius 2 is 1.96 bits per heavy atom. The molecule has 0 spiro atoms. The van der Waals surface area contributed by atoms with Crippen molar-refractivity contribution in [3.63, 3.8) is 0 Å². The smallest absolute Gasteiger partial charge is 0.275 e. The van der Waals surface area contributed by atoms with Gasteiger partial charge in [0.05, 0.1) is 12.4 Å². The van der Waals surface area contributed by atoms with Crippen molar-refractivity contribution in [3.05, 3.63) is 71.7 Å². The summed E-state index contributed by atoms with van der Waals surface area (Å²) in [6.07, 6.45) is 4.84. The average molecular weight is 380 g/mol. The number of pyridine rings is 3. The maximum absolute atomic E-state index is 13.3.